The summed E-state index contributed by atoms with van der Waals surface area (Å²) in [7, 11) is 0. The first kappa shape index (κ1) is 22.3. The lowest BCUT2D eigenvalue weighted by Crippen LogP contribution is -2.43. The summed E-state index contributed by atoms with van der Waals surface area (Å²) >= 11 is 0. The maximum atomic E-state index is 12.7. The average molecular weight is 408 g/mol. The second-order valence-electron chi connectivity index (χ2n) is 6.92. The van der Waals surface area contributed by atoms with E-state index in [1.54, 1.807) is 62.4 Å². The zero-order valence-electron chi connectivity index (χ0n) is 16.2. The molecule has 0 heterocycles. The summed E-state index contributed by atoms with van der Waals surface area (Å²) in [6, 6.07) is 14.9. The van der Waals surface area contributed by atoms with Gasteiger partial charge in [0.05, 0.1) is 0 Å². The van der Waals surface area contributed by atoms with Crippen LogP contribution in [-0.4, -0.2) is 42.6 Å². The number of nitrogens with one attached hydrogen (secondary N) is 1. The molecule has 0 aliphatic rings. The van der Waals surface area contributed by atoms with Gasteiger partial charge < -0.3 is 15.0 Å². The summed E-state index contributed by atoms with van der Waals surface area (Å²) in [6.07, 6.45) is -4.48. The van der Waals surface area contributed by atoms with Crippen molar-refractivity contribution in [2.24, 2.45) is 5.92 Å². The summed E-state index contributed by atoms with van der Waals surface area (Å²) in [6.45, 7) is 1.60. The van der Waals surface area contributed by atoms with E-state index in [1.807, 2.05) is 0 Å². The minimum Gasteiger partial charge on any atom is -0.484 e. The first-order chi connectivity index (χ1) is 13.6. The minimum atomic E-state index is -4.48. The zero-order chi connectivity index (χ0) is 21.4. The predicted molar refractivity (Wildman–Crippen MR) is 104 cm³/mol. The van der Waals surface area contributed by atoms with Crippen LogP contribution in [0.5, 0.6) is 5.75 Å². The maximum Gasteiger partial charge on any atom is 0.406 e. The van der Waals surface area contributed by atoms with E-state index in [4.69, 9.17) is 4.74 Å². The van der Waals surface area contributed by atoms with E-state index < -0.39 is 25.2 Å². The van der Waals surface area contributed by atoms with Crippen molar-refractivity contribution in [2.45, 2.75) is 20.0 Å². The molecule has 8 heteroatoms. The van der Waals surface area contributed by atoms with Crippen LogP contribution in [0.15, 0.2) is 54.6 Å². The molecule has 2 rings (SSSR count). The van der Waals surface area contributed by atoms with E-state index in [-0.39, 0.29) is 24.1 Å². The Labute approximate surface area is 167 Å². The third-order valence-electron chi connectivity index (χ3n) is 3.80. The number of amides is 2. The average Bonchev–Trinajstić information content (AvgIpc) is 2.65. The summed E-state index contributed by atoms with van der Waals surface area (Å²) in [5, 5.41) is 2.70. The van der Waals surface area contributed by atoms with E-state index >= 15 is 0 Å². The highest BCUT2D eigenvalue weighted by molar-refractivity contribution is 6.04. The van der Waals surface area contributed by atoms with Gasteiger partial charge in [0.2, 0.25) is 0 Å². The standard InChI is InChI=1S/C21H23F3N2O3/c1-15(2)12-26(14-21(22,23)24)19(27)13-29-18-10-6-9-17(11-18)25-20(28)16-7-4-3-5-8-16/h3-11,15H,12-14H2,1-2H3,(H,25,28). The number of ether oxygens (including phenoxy) is 1. The monoisotopic (exact) mass is 408 g/mol. The third-order valence-corrected chi connectivity index (χ3v) is 3.80. The lowest BCUT2D eigenvalue weighted by atomic mass is 10.2. The molecule has 0 aliphatic carbocycles. The largest absolute Gasteiger partial charge is 0.484 e. The number of rotatable bonds is 8. The van der Waals surface area contributed by atoms with Crippen molar-refractivity contribution in [3.8, 4) is 5.75 Å². The number of carbonyl (C=O) groups excluding carboxylic acids is 2. The van der Waals surface area contributed by atoms with E-state index in [0.29, 0.717) is 11.3 Å². The number of carbonyl (C=O) groups is 2. The van der Waals surface area contributed by atoms with Gasteiger partial charge in [0.25, 0.3) is 11.8 Å². The van der Waals surface area contributed by atoms with Crippen LogP contribution in [0.3, 0.4) is 0 Å². The Morgan fingerprint density at radius 3 is 2.38 bits per heavy atom. The van der Waals surface area contributed by atoms with E-state index in [1.165, 1.54) is 6.07 Å². The maximum absolute atomic E-state index is 12.7. The predicted octanol–water partition coefficient (Wildman–Crippen LogP) is 4.36. The highest BCUT2D eigenvalue weighted by Crippen LogP contribution is 2.20. The topological polar surface area (TPSA) is 58.6 Å². The third kappa shape index (κ3) is 7.85. The molecule has 0 radical (unpaired) electrons. The van der Waals surface area contributed by atoms with Crippen molar-refractivity contribution >= 4 is 17.5 Å². The van der Waals surface area contributed by atoms with Crippen LogP contribution in [0.25, 0.3) is 0 Å². The van der Waals surface area contributed by atoms with E-state index in [2.05, 4.69) is 5.32 Å². The lowest BCUT2D eigenvalue weighted by molar-refractivity contribution is -0.163. The van der Waals surface area contributed by atoms with Crippen LogP contribution < -0.4 is 10.1 Å². The van der Waals surface area contributed by atoms with Crippen LogP contribution in [0.2, 0.25) is 0 Å². The number of nitrogens with zero attached hydrogens (tertiary/aromatic N) is 1. The molecule has 2 aromatic rings. The van der Waals surface area contributed by atoms with Crippen LogP contribution in [0.1, 0.15) is 24.2 Å². The zero-order valence-corrected chi connectivity index (χ0v) is 16.2. The molecule has 0 saturated heterocycles. The van der Waals surface area contributed by atoms with Gasteiger partial charge in [-0.25, -0.2) is 0 Å². The second-order valence-corrected chi connectivity index (χ2v) is 6.92. The Hall–Kier alpha value is -3.03. The van der Waals surface area contributed by atoms with Gasteiger partial charge in [-0.05, 0) is 30.2 Å². The molecule has 2 amide bonds. The van der Waals surface area contributed by atoms with Crippen LogP contribution >= 0.6 is 0 Å². The summed E-state index contributed by atoms with van der Waals surface area (Å²) in [5.41, 5.74) is 0.920. The quantitative estimate of drug-likeness (QED) is 0.706. The summed E-state index contributed by atoms with van der Waals surface area (Å²) < 4.78 is 43.5. The molecule has 0 bridgehead atoms. The van der Waals surface area contributed by atoms with Crippen molar-refractivity contribution in [3.63, 3.8) is 0 Å². The van der Waals surface area contributed by atoms with Gasteiger partial charge in [-0.3, -0.25) is 9.59 Å². The van der Waals surface area contributed by atoms with Gasteiger partial charge in [0.15, 0.2) is 6.61 Å². The Kier molecular flexibility index (Phi) is 7.64. The van der Waals surface area contributed by atoms with Crippen LogP contribution in [-0.2, 0) is 4.79 Å². The van der Waals surface area contributed by atoms with Gasteiger partial charge in [0, 0.05) is 23.9 Å². The second kappa shape index (κ2) is 9.95. The highest BCUT2D eigenvalue weighted by atomic mass is 19.4. The number of hydrogen-bond acceptors (Lipinski definition) is 3. The fraction of sp³-hybridized carbons (Fsp3) is 0.333. The molecule has 0 aliphatic heterocycles. The number of alkyl halides is 3. The van der Waals surface area contributed by atoms with Crippen LogP contribution in [0, 0.1) is 5.92 Å². The van der Waals surface area contributed by atoms with Gasteiger partial charge in [-0.2, -0.15) is 13.2 Å². The Balaban J connectivity index is 1.98. The molecular formula is C21H23F3N2O3. The molecule has 0 unspecified atom stereocenters. The fourth-order valence-corrected chi connectivity index (χ4v) is 2.60. The Morgan fingerprint density at radius 2 is 1.76 bits per heavy atom. The van der Waals surface area contributed by atoms with Crippen LogP contribution in [0.4, 0.5) is 18.9 Å². The van der Waals surface area contributed by atoms with Crippen molar-refractivity contribution < 1.29 is 27.5 Å². The molecule has 0 atom stereocenters. The normalized spacial score (nSPS) is 11.2. The summed E-state index contributed by atoms with van der Waals surface area (Å²) in [5.74, 6) is -0.916. The molecule has 0 spiro atoms. The Morgan fingerprint density at radius 1 is 1.07 bits per heavy atom. The molecule has 0 fully saturated rings. The molecule has 0 saturated carbocycles. The van der Waals surface area contributed by atoms with Crippen molar-refractivity contribution in [1.29, 1.82) is 0 Å². The molecular weight excluding hydrogens is 385 g/mol. The van der Waals surface area contributed by atoms with Crippen molar-refractivity contribution in [2.75, 3.05) is 25.0 Å². The number of anilines is 1. The fourth-order valence-electron chi connectivity index (χ4n) is 2.60. The number of benzene rings is 2. The van der Waals surface area contributed by atoms with E-state index in [9.17, 15) is 22.8 Å². The number of halogens is 3. The summed E-state index contributed by atoms with van der Waals surface area (Å²) in [4.78, 5) is 25.1. The van der Waals surface area contributed by atoms with E-state index in [0.717, 1.165) is 4.90 Å². The minimum absolute atomic E-state index is 0.0190. The molecule has 2 aromatic carbocycles. The SMILES string of the molecule is CC(C)CN(CC(F)(F)F)C(=O)COc1cccc(NC(=O)c2ccccc2)c1. The molecule has 29 heavy (non-hydrogen) atoms. The molecule has 1 N–H and O–H groups in total. The van der Waals surface area contributed by atoms with Gasteiger partial charge >= 0.3 is 6.18 Å². The lowest BCUT2D eigenvalue weighted by Gasteiger charge is -2.25. The van der Waals surface area contributed by atoms with Gasteiger partial charge in [-0.15, -0.1) is 0 Å². The first-order valence-electron chi connectivity index (χ1n) is 9.08. The van der Waals surface area contributed by atoms with Crippen molar-refractivity contribution in [1.82, 2.24) is 4.90 Å². The smallest absolute Gasteiger partial charge is 0.406 e. The van der Waals surface area contributed by atoms with Gasteiger partial charge in [-0.1, -0.05) is 38.1 Å². The molecule has 156 valence electrons. The first-order valence-corrected chi connectivity index (χ1v) is 9.08. The molecule has 0 aromatic heterocycles. The number of hydrogen-bond donors (Lipinski definition) is 1. The Bertz CT molecular complexity index is 823. The van der Waals surface area contributed by atoms with Gasteiger partial charge in [0.1, 0.15) is 12.3 Å². The van der Waals surface area contributed by atoms with Crippen molar-refractivity contribution in [3.05, 3.63) is 60.2 Å². The molecule has 5 nitrogen and oxygen atoms in total. The highest BCUT2D eigenvalue weighted by Gasteiger charge is 2.33.